The van der Waals surface area contributed by atoms with Gasteiger partial charge in [0.2, 0.25) is 17.6 Å². The van der Waals surface area contributed by atoms with Crippen molar-refractivity contribution in [1.82, 2.24) is 25.2 Å². The molecule has 0 aromatic carbocycles. The van der Waals surface area contributed by atoms with Crippen molar-refractivity contribution in [3.05, 3.63) is 16.8 Å². The van der Waals surface area contributed by atoms with Gasteiger partial charge in [-0.25, -0.2) is 14.4 Å². The van der Waals surface area contributed by atoms with Crippen molar-refractivity contribution in [3.8, 4) is 0 Å². The Bertz CT molecular complexity index is 880. The van der Waals surface area contributed by atoms with Gasteiger partial charge in [0.1, 0.15) is 5.69 Å². The zero-order chi connectivity index (χ0) is 23.6. The lowest BCUT2D eigenvalue weighted by atomic mass is 9.92. The van der Waals surface area contributed by atoms with Crippen LogP contribution in [0.2, 0.25) is 5.28 Å². The molecule has 0 unspecified atom stereocenters. The highest BCUT2D eigenvalue weighted by atomic mass is 35.5. The maximum absolute atomic E-state index is 15.4. The van der Waals surface area contributed by atoms with E-state index in [0.29, 0.717) is 30.5 Å². The topological polar surface area (TPSA) is 102 Å². The van der Waals surface area contributed by atoms with Crippen LogP contribution in [-0.4, -0.2) is 76.2 Å². The number of anilines is 1. The molecule has 1 atom stereocenters. The van der Waals surface area contributed by atoms with Gasteiger partial charge in [0.15, 0.2) is 11.6 Å². The summed E-state index contributed by atoms with van der Waals surface area (Å²) in [5, 5.41) is 12.8. The molecule has 1 spiro atoms. The molecule has 3 aliphatic rings. The maximum Gasteiger partial charge on any atom is 0.233 e. The van der Waals surface area contributed by atoms with Crippen LogP contribution in [0.4, 0.5) is 10.2 Å². The lowest BCUT2D eigenvalue weighted by molar-refractivity contribution is -0.155. The molecule has 1 aromatic rings. The molecule has 0 radical (unpaired) electrons. The van der Waals surface area contributed by atoms with Gasteiger partial charge in [0, 0.05) is 25.2 Å². The van der Waals surface area contributed by atoms with Crippen LogP contribution in [0.15, 0.2) is 0 Å². The number of carbonyl (C=O) groups is 2. The van der Waals surface area contributed by atoms with Crippen LogP contribution in [-0.2, 0) is 16.1 Å². The van der Waals surface area contributed by atoms with Crippen LogP contribution in [0, 0.1) is 17.7 Å². The van der Waals surface area contributed by atoms with Crippen molar-refractivity contribution in [3.63, 3.8) is 0 Å². The molecule has 2 saturated carbocycles. The van der Waals surface area contributed by atoms with Crippen molar-refractivity contribution in [2.75, 3.05) is 38.1 Å². The Balaban J connectivity index is 1.44. The van der Waals surface area contributed by atoms with Crippen LogP contribution in [0.1, 0.15) is 50.6 Å². The maximum atomic E-state index is 15.4. The molecule has 2 heterocycles. The normalized spacial score (nSPS) is 21.3. The Morgan fingerprint density at radius 2 is 2.09 bits per heavy atom. The summed E-state index contributed by atoms with van der Waals surface area (Å²) in [7, 11) is 2.09. The van der Waals surface area contributed by atoms with Crippen molar-refractivity contribution in [1.29, 1.82) is 0 Å². The predicted molar refractivity (Wildman–Crippen MR) is 120 cm³/mol. The molecule has 2 amide bonds. The monoisotopic (exact) mass is 482 g/mol. The fourth-order valence-corrected chi connectivity index (χ4v) is 5.38. The summed E-state index contributed by atoms with van der Waals surface area (Å²) in [6.07, 6.45) is 7.31. The van der Waals surface area contributed by atoms with E-state index in [1.807, 2.05) is 4.90 Å². The first kappa shape index (κ1) is 24.1. The van der Waals surface area contributed by atoms with E-state index in [4.69, 9.17) is 11.6 Å². The second-order valence-electron chi connectivity index (χ2n) is 9.67. The van der Waals surface area contributed by atoms with E-state index in [1.165, 1.54) is 0 Å². The average molecular weight is 483 g/mol. The van der Waals surface area contributed by atoms with E-state index in [1.54, 1.807) is 0 Å². The molecule has 1 aromatic heterocycles. The highest BCUT2D eigenvalue weighted by molar-refractivity contribution is 6.28. The highest BCUT2D eigenvalue weighted by Crippen LogP contribution is 2.44. The summed E-state index contributed by atoms with van der Waals surface area (Å²) in [5.41, 5.74) is 0.108. The number of amides is 2. The number of aromatic nitrogens is 2. The summed E-state index contributed by atoms with van der Waals surface area (Å²) >= 11 is 6.12. The Labute approximate surface area is 198 Å². The molecule has 3 fully saturated rings. The van der Waals surface area contributed by atoms with Crippen molar-refractivity contribution >= 4 is 29.7 Å². The second kappa shape index (κ2) is 10.1. The van der Waals surface area contributed by atoms with E-state index in [2.05, 4.69) is 27.2 Å². The zero-order valence-corrected chi connectivity index (χ0v) is 19.7. The standard InChI is InChI=1S/C22H32ClFN6O3/c1-28-8-9-29(13-22(28)6-7-22)19-18(24)17(26-21(23)27-19)11-25-20(32)16(12-30(33)14-31)10-15-4-2-3-5-15/h14-16,33H,2-13H2,1H3,(H,25,32)/t16-/m1/s1. The quantitative estimate of drug-likeness (QED) is 0.241. The number of piperazine rings is 1. The van der Waals surface area contributed by atoms with Crippen molar-refractivity contribution < 1.29 is 19.2 Å². The lowest BCUT2D eigenvalue weighted by Crippen LogP contribution is -2.53. The third kappa shape index (κ3) is 5.55. The lowest BCUT2D eigenvalue weighted by Gasteiger charge is -2.40. The molecule has 182 valence electrons. The molecule has 9 nitrogen and oxygen atoms in total. The molecular formula is C22H32ClFN6O3. The summed E-state index contributed by atoms with van der Waals surface area (Å²) in [6, 6.07) is 0. The van der Waals surface area contributed by atoms with E-state index < -0.39 is 11.7 Å². The number of hydroxylamine groups is 2. The van der Waals surface area contributed by atoms with E-state index >= 15 is 4.39 Å². The van der Waals surface area contributed by atoms with Gasteiger partial charge in [-0.2, -0.15) is 4.98 Å². The molecule has 2 aliphatic carbocycles. The molecule has 4 rings (SSSR count). The van der Waals surface area contributed by atoms with Gasteiger partial charge in [-0.05, 0) is 43.8 Å². The molecule has 0 bridgehead atoms. The predicted octanol–water partition coefficient (Wildman–Crippen LogP) is 2.21. The first-order chi connectivity index (χ1) is 15.8. The molecule has 1 saturated heterocycles. The van der Waals surface area contributed by atoms with E-state index in [9.17, 15) is 14.8 Å². The van der Waals surface area contributed by atoms with Gasteiger partial charge in [-0.15, -0.1) is 0 Å². The molecule has 33 heavy (non-hydrogen) atoms. The first-order valence-corrected chi connectivity index (χ1v) is 12.1. The molecular weight excluding hydrogens is 451 g/mol. The van der Waals surface area contributed by atoms with Gasteiger partial charge in [0.05, 0.1) is 19.0 Å². The van der Waals surface area contributed by atoms with Gasteiger partial charge < -0.3 is 10.2 Å². The fraction of sp³-hybridized carbons (Fsp3) is 0.727. The van der Waals surface area contributed by atoms with Gasteiger partial charge in [-0.3, -0.25) is 19.7 Å². The Morgan fingerprint density at radius 3 is 2.76 bits per heavy atom. The number of hydrogen-bond donors (Lipinski definition) is 2. The van der Waals surface area contributed by atoms with Gasteiger partial charge >= 0.3 is 0 Å². The second-order valence-corrected chi connectivity index (χ2v) is 10.0. The summed E-state index contributed by atoms with van der Waals surface area (Å²) in [5.74, 6) is -0.970. The van der Waals surface area contributed by atoms with Crippen LogP contribution < -0.4 is 10.2 Å². The Kier molecular flexibility index (Phi) is 7.35. The largest absolute Gasteiger partial charge is 0.351 e. The number of carbonyl (C=O) groups excluding carboxylic acids is 2. The molecule has 11 heteroatoms. The van der Waals surface area contributed by atoms with E-state index in [0.717, 1.165) is 45.1 Å². The number of halogens is 2. The zero-order valence-electron chi connectivity index (χ0n) is 19.0. The van der Waals surface area contributed by atoms with Crippen molar-refractivity contribution in [2.45, 2.75) is 57.0 Å². The first-order valence-electron chi connectivity index (χ1n) is 11.7. The SMILES string of the molecule is CN1CCN(c2nc(Cl)nc(CNC(=O)[C@H](CC3CCCC3)CN(O)C=O)c2F)CC12CC2. The molecule has 1 aliphatic heterocycles. The van der Waals surface area contributed by atoms with Crippen LogP contribution >= 0.6 is 11.6 Å². The number of likely N-dealkylation sites (N-methyl/N-ethyl adjacent to an activating group) is 1. The van der Waals surface area contributed by atoms with Gasteiger partial charge in [-0.1, -0.05) is 25.7 Å². The number of nitrogens with one attached hydrogen (secondary N) is 1. The Morgan fingerprint density at radius 1 is 1.36 bits per heavy atom. The minimum absolute atomic E-state index is 0.0259. The van der Waals surface area contributed by atoms with Crippen LogP contribution in [0.5, 0.6) is 0 Å². The summed E-state index contributed by atoms with van der Waals surface area (Å²) in [6.45, 7) is 1.88. The minimum atomic E-state index is -0.588. The number of rotatable bonds is 9. The van der Waals surface area contributed by atoms with Gasteiger partial charge in [0.25, 0.3) is 0 Å². The van der Waals surface area contributed by atoms with Crippen LogP contribution in [0.3, 0.4) is 0 Å². The number of nitrogens with zero attached hydrogens (tertiary/aromatic N) is 5. The fourth-order valence-electron chi connectivity index (χ4n) is 5.20. The highest BCUT2D eigenvalue weighted by Gasteiger charge is 2.50. The third-order valence-electron chi connectivity index (χ3n) is 7.42. The number of hydrogen-bond acceptors (Lipinski definition) is 7. The minimum Gasteiger partial charge on any atom is -0.351 e. The van der Waals surface area contributed by atoms with E-state index in [-0.39, 0.29) is 47.7 Å². The molecule has 2 N–H and O–H groups in total. The summed E-state index contributed by atoms with van der Waals surface area (Å²) in [4.78, 5) is 36.2. The van der Waals surface area contributed by atoms with Crippen LogP contribution in [0.25, 0.3) is 0 Å². The summed E-state index contributed by atoms with van der Waals surface area (Å²) < 4.78 is 15.4. The van der Waals surface area contributed by atoms with Crippen molar-refractivity contribution in [2.24, 2.45) is 11.8 Å². The smallest absolute Gasteiger partial charge is 0.233 e. The average Bonchev–Trinajstić information content (AvgIpc) is 3.38. The third-order valence-corrected chi connectivity index (χ3v) is 7.59. The Hall–Kier alpha value is -2.04.